The molecule has 3 aromatic rings. The van der Waals surface area contributed by atoms with Crippen LogP contribution >= 0.6 is 0 Å². The summed E-state index contributed by atoms with van der Waals surface area (Å²) < 4.78 is 55.1. The van der Waals surface area contributed by atoms with Gasteiger partial charge in [0.1, 0.15) is 19.0 Å². The Bertz CT molecular complexity index is 956. The third-order valence-electron chi connectivity index (χ3n) is 3.95. The Labute approximate surface area is 159 Å². The Hall–Kier alpha value is -3.04. The summed E-state index contributed by atoms with van der Waals surface area (Å²) in [5.74, 6) is 1.67. The van der Waals surface area contributed by atoms with Crippen molar-refractivity contribution in [3.8, 4) is 23.0 Å². The Kier molecular flexibility index (Phi) is 5.30. The van der Waals surface area contributed by atoms with Crippen molar-refractivity contribution < 1.29 is 27.2 Å². The quantitative estimate of drug-likeness (QED) is 0.589. The number of aryl methyl sites for hydroxylation is 4. The first-order valence-corrected chi connectivity index (χ1v) is 8.44. The van der Waals surface area contributed by atoms with Gasteiger partial charge in [0.25, 0.3) is 0 Å². The normalized spacial score (nSPS) is 11.7. The molecule has 2 aromatic heterocycles. The number of ether oxygens (including phenoxy) is 2. The zero-order chi connectivity index (χ0) is 20.5. The van der Waals surface area contributed by atoms with Gasteiger partial charge in [-0.1, -0.05) is 5.16 Å². The van der Waals surface area contributed by atoms with Gasteiger partial charge in [0.15, 0.2) is 5.69 Å². The van der Waals surface area contributed by atoms with E-state index in [1.807, 2.05) is 26.0 Å². The van der Waals surface area contributed by atoms with E-state index in [1.54, 1.807) is 6.92 Å². The Morgan fingerprint density at radius 3 is 2.21 bits per heavy atom. The number of halogens is 3. The molecular weight excluding hydrogens is 377 g/mol. The van der Waals surface area contributed by atoms with Crippen molar-refractivity contribution in [3.63, 3.8) is 0 Å². The standard InChI is InChI=1S/C18H19F3N4O3/c1-10-7-13(17-22-12(3)28-24-17)8-11(2)16(10)27-6-5-26-15-9-14(18(19,20)21)23-25(15)4/h7-9H,5-6H2,1-4H3. The van der Waals surface area contributed by atoms with Crippen molar-refractivity contribution in [2.24, 2.45) is 7.05 Å². The van der Waals surface area contributed by atoms with E-state index in [0.29, 0.717) is 17.5 Å². The molecule has 0 bridgehead atoms. The molecule has 0 radical (unpaired) electrons. The van der Waals surface area contributed by atoms with E-state index in [0.717, 1.165) is 27.4 Å². The van der Waals surface area contributed by atoms with Gasteiger partial charge in [-0.15, -0.1) is 0 Å². The highest BCUT2D eigenvalue weighted by Crippen LogP contribution is 2.31. The molecule has 0 N–H and O–H groups in total. The van der Waals surface area contributed by atoms with Gasteiger partial charge in [-0.3, -0.25) is 0 Å². The van der Waals surface area contributed by atoms with Crippen LogP contribution < -0.4 is 9.47 Å². The number of hydrogen-bond acceptors (Lipinski definition) is 6. The Balaban J connectivity index is 1.62. The lowest BCUT2D eigenvalue weighted by molar-refractivity contribution is -0.141. The second-order valence-corrected chi connectivity index (χ2v) is 6.26. The zero-order valence-corrected chi connectivity index (χ0v) is 15.8. The molecular formula is C18H19F3N4O3. The average Bonchev–Trinajstić information content (AvgIpc) is 3.19. The van der Waals surface area contributed by atoms with Crippen LogP contribution in [0, 0.1) is 20.8 Å². The van der Waals surface area contributed by atoms with Crippen molar-refractivity contribution in [2.75, 3.05) is 13.2 Å². The summed E-state index contributed by atoms with van der Waals surface area (Å²) >= 11 is 0. The zero-order valence-electron chi connectivity index (χ0n) is 15.8. The first-order valence-electron chi connectivity index (χ1n) is 8.44. The summed E-state index contributed by atoms with van der Waals surface area (Å²) in [6, 6.07) is 4.62. The van der Waals surface area contributed by atoms with Crippen LogP contribution in [0.15, 0.2) is 22.7 Å². The van der Waals surface area contributed by atoms with Gasteiger partial charge in [-0.05, 0) is 37.1 Å². The van der Waals surface area contributed by atoms with E-state index in [4.69, 9.17) is 14.0 Å². The van der Waals surface area contributed by atoms with Crippen LogP contribution in [0.2, 0.25) is 0 Å². The van der Waals surface area contributed by atoms with Gasteiger partial charge < -0.3 is 14.0 Å². The SMILES string of the molecule is Cc1nc(-c2cc(C)c(OCCOc3cc(C(F)(F)F)nn3C)c(C)c2)no1. The largest absolute Gasteiger partial charge is 0.489 e. The summed E-state index contributed by atoms with van der Waals surface area (Å²) in [5.41, 5.74) is 1.56. The third kappa shape index (κ3) is 4.26. The van der Waals surface area contributed by atoms with Crippen molar-refractivity contribution in [2.45, 2.75) is 26.9 Å². The van der Waals surface area contributed by atoms with Crippen molar-refractivity contribution in [1.82, 2.24) is 19.9 Å². The Morgan fingerprint density at radius 1 is 1.04 bits per heavy atom. The second-order valence-electron chi connectivity index (χ2n) is 6.26. The van der Waals surface area contributed by atoms with Crippen LogP contribution in [0.5, 0.6) is 11.6 Å². The molecule has 1 aromatic carbocycles. The summed E-state index contributed by atoms with van der Waals surface area (Å²) in [4.78, 5) is 4.20. The third-order valence-corrected chi connectivity index (χ3v) is 3.95. The maximum atomic E-state index is 12.7. The van der Waals surface area contributed by atoms with Gasteiger partial charge in [-0.25, -0.2) is 4.68 Å². The van der Waals surface area contributed by atoms with Gasteiger partial charge in [-0.2, -0.15) is 23.3 Å². The molecule has 150 valence electrons. The fourth-order valence-corrected chi connectivity index (χ4v) is 2.74. The number of benzene rings is 1. The molecule has 0 saturated heterocycles. The highest BCUT2D eigenvalue weighted by molar-refractivity contribution is 5.60. The topological polar surface area (TPSA) is 75.2 Å². The summed E-state index contributed by atoms with van der Waals surface area (Å²) in [6.45, 7) is 5.72. The predicted molar refractivity (Wildman–Crippen MR) is 93.1 cm³/mol. The van der Waals surface area contributed by atoms with Crippen LogP contribution in [0.1, 0.15) is 22.7 Å². The molecule has 10 heteroatoms. The molecule has 3 rings (SSSR count). The van der Waals surface area contributed by atoms with Gasteiger partial charge in [0.2, 0.25) is 17.6 Å². The highest BCUT2D eigenvalue weighted by atomic mass is 19.4. The molecule has 0 aliphatic carbocycles. The minimum atomic E-state index is -4.51. The lowest BCUT2D eigenvalue weighted by atomic mass is 10.1. The Morgan fingerprint density at radius 2 is 1.68 bits per heavy atom. The van der Waals surface area contributed by atoms with E-state index < -0.39 is 11.9 Å². The van der Waals surface area contributed by atoms with Gasteiger partial charge in [0.05, 0.1) is 0 Å². The minimum absolute atomic E-state index is 0.0205. The lowest BCUT2D eigenvalue weighted by Gasteiger charge is -2.13. The molecule has 0 spiro atoms. The van der Waals surface area contributed by atoms with Crippen molar-refractivity contribution >= 4 is 0 Å². The first-order chi connectivity index (χ1) is 13.1. The van der Waals surface area contributed by atoms with Crippen LogP contribution in [0.4, 0.5) is 13.2 Å². The fraction of sp³-hybridized carbons (Fsp3) is 0.389. The minimum Gasteiger partial charge on any atom is -0.489 e. The maximum absolute atomic E-state index is 12.7. The molecule has 0 atom stereocenters. The number of nitrogens with zero attached hydrogens (tertiary/aromatic N) is 4. The molecule has 0 fully saturated rings. The number of alkyl halides is 3. The van der Waals surface area contributed by atoms with E-state index in [1.165, 1.54) is 7.05 Å². The average molecular weight is 396 g/mol. The summed E-state index contributed by atoms with van der Waals surface area (Å²) in [6.07, 6.45) is -4.51. The molecule has 0 aliphatic rings. The van der Waals surface area contributed by atoms with Gasteiger partial charge in [0, 0.05) is 25.6 Å². The predicted octanol–water partition coefficient (Wildman–Crippen LogP) is 3.87. The van der Waals surface area contributed by atoms with Gasteiger partial charge >= 0.3 is 6.18 Å². The molecule has 0 amide bonds. The first kappa shape index (κ1) is 19.7. The van der Waals surface area contributed by atoms with E-state index in [2.05, 4.69) is 15.2 Å². The van der Waals surface area contributed by atoms with Crippen LogP contribution in [-0.4, -0.2) is 33.1 Å². The van der Waals surface area contributed by atoms with Crippen LogP contribution in [-0.2, 0) is 13.2 Å². The fourth-order valence-electron chi connectivity index (χ4n) is 2.74. The molecule has 2 heterocycles. The number of aromatic nitrogens is 4. The van der Waals surface area contributed by atoms with Crippen LogP contribution in [0.25, 0.3) is 11.4 Å². The highest BCUT2D eigenvalue weighted by Gasteiger charge is 2.34. The van der Waals surface area contributed by atoms with Crippen molar-refractivity contribution in [1.29, 1.82) is 0 Å². The van der Waals surface area contributed by atoms with Crippen LogP contribution in [0.3, 0.4) is 0 Å². The molecule has 0 unspecified atom stereocenters. The second kappa shape index (κ2) is 7.53. The number of rotatable bonds is 6. The van der Waals surface area contributed by atoms with E-state index >= 15 is 0 Å². The summed E-state index contributed by atoms with van der Waals surface area (Å²) in [7, 11) is 1.39. The maximum Gasteiger partial charge on any atom is 0.435 e. The smallest absolute Gasteiger partial charge is 0.435 e. The molecule has 7 nitrogen and oxygen atoms in total. The van der Waals surface area contributed by atoms with E-state index in [-0.39, 0.29) is 19.1 Å². The van der Waals surface area contributed by atoms with E-state index in [9.17, 15) is 13.2 Å². The number of hydrogen-bond donors (Lipinski definition) is 0. The molecule has 28 heavy (non-hydrogen) atoms. The molecule has 0 saturated carbocycles. The monoisotopic (exact) mass is 396 g/mol. The van der Waals surface area contributed by atoms with Crippen molar-refractivity contribution in [3.05, 3.63) is 40.9 Å². The summed E-state index contributed by atoms with van der Waals surface area (Å²) in [5, 5.41) is 7.29. The lowest BCUT2D eigenvalue weighted by Crippen LogP contribution is -2.12. The molecule has 0 aliphatic heterocycles.